The molecule has 2 aromatic rings. The number of benzene rings is 2. The fourth-order valence-electron chi connectivity index (χ4n) is 3.14. The average Bonchev–Trinajstić information content (AvgIpc) is 3.13. The van der Waals surface area contributed by atoms with E-state index in [-0.39, 0.29) is 12.4 Å². The molecule has 1 saturated carbocycles. The van der Waals surface area contributed by atoms with E-state index in [2.05, 4.69) is 45.5 Å². The van der Waals surface area contributed by atoms with Crippen LogP contribution in [0.1, 0.15) is 36.8 Å². The smallest absolute Gasteiger partial charge is 0.175 e. The van der Waals surface area contributed by atoms with Crippen LogP contribution in [0.3, 0.4) is 0 Å². The molecular weight excluding hydrogens is 402 g/mol. The van der Waals surface area contributed by atoms with Gasteiger partial charge in [-0.1, -0.05) is 43.2 Å². The van der Waals surface area contributed by atoms with Gasteiger partial charge in [-0.2, -0.15) is 0 Å². The molecule has 136 valence electrons. The van der Waals surface area contributed by atoms with Gasteiger partial charge in [0.25, 0.3) is 0 Å². The summed E-state index contributed by atoms with van der Waals surface area (Å²) in [6.45, 7) is 1.38. The number of methoxy groups -OCH3 is 1. The summed E-state index contributed by atoms with van der Waals surface area (Å²) in [5, 5.41) is 3.64. The van der Waals surface area contributed by atoms with E-state index in [0.717, 1.165) is 28.1 Å². The van der Waals surface area contributed by atoms with E-state index in [1.54, 1.807) is 7.11 Å². The van der Waals surface area contributed by atoms with Crippen LogP contribution in [0, 0.1) is 0 Å². The minimum absolute atomic E-state index is 0. The van der Waals surface area contributed by atoms with E-state index in [1.165, 1.54) is 31.2 Å². The Morgan fingerprint density at radius 3 is 2.48 bits per heavy atom. The molecule has 0 spiro atoms. The van der Waals surface area contributed by atoms with Crippen LogP contribution in [0.15, 0.2) is 46.9 Å². The van der Waals surface area contributed by atoms with Gasteiger partial charge in [-0.25, -0.2) is 0 Å². The third-order valence-electron chi connectivity index (χ3n) is 4.47. The second kappa shape index (κ2) is 10.0. The Balaban J connectivity index is 0.00000225. The van der Waals surface area contributed by atoms with Gasteiger partial charge in [-0.15, -0.1) is 12.4 Å². The molecule has 0 bridgehead atoms. The quantitative estimate of drug-likeness (QED) is 0.635. The summed E-state index contributed by atoms with van der Waals surface area (Å²) >= 11 is 3.63. The van der Waals surface area contributed by atoms with Gasteiger partial charge in [0.05, 0.1) is 11.6 Å². The zero-order valence-corrected chi connectivity index (χ0v) is 16.9. The summed E-state index contributed by atoms with van der Waals surface area (Å²) in [6, 6.07) is 15.0. The highest BCUT2D eigenvalue weighted by molar-refractivity contribution is 9.10. The number of halogens is 2. The number of hydrogen-bond acceptors (Lipinski definition) is 3. The van der Waals surface area contributed by atoms with Crippen molar-refractivity contribution in [2.24, 2.45) is 0 Å². The Morgan fingerprint density at radius 1 is 1.08 bits per heavy atom. The first-order valence-corrected chi connectivity index (χ1v) is 9.32. The fourth-order valence-corrected chi connectivity index (χ4v) is 3.74. The third kappa shape index (κ3) is 5.63. The molecule has 5 heteroatoms. The largest absolute Gasteiger partial charge is 0.493 e. The molecule has 25 heavy (non-hydrogen) atoms. The van der Waals surface area contributed by atoms with Crippen LogP contribution in [0.4, 0.5) is 0 Å². The molecule has 3 nitrogen and oxygen atoms in total. The predicted octanol–water partition coefficient (Wildman–Crippen LogP) is 5.49. The molecule has 1 aliphatic carbocycles. The van der Waals surface area contributed by atoms with Crippen molar-refractivity contribution in [3.63, 3.8) is 0 Å². The zero-order valence-electron chi connectivity index (χ0n) is 14.5. The van der Waals surface area contributed by atoms with Crippen LogP contribution in [0.25, 0.3) is 0 Å². The molecule has 0 heterocycles. The highest BCUT2D eigenvalue weighted by Gasteiger charge is 2.16. The maximum Gasteiger partial charge on any atom is 0.175 e. The monoisotopic (exact) mass is 425 g/mol. The van der Waals surface area contributed by atoms with Crippen LogP contribution in [0.5, 0.6) is 11.5 Å². The van der Waals surface area contributed by atoms with Gasteiger partial charge in [-0.3, -0.25) is 0 Å². The van der Waals surface area contributed by atoms with Gasteiger partial charge in [0.1, 0.15) is 6.61 Å². The normalized spacial score (nSPS) is 14.2. The fraction of sp³-hybridized carbons (Fsp3) is 0.400. The van der Waals surface area contributed by atoms with Crippen molar-refractivity contribution in [1.82, 2.24) is 5.32 Å². The lowest BCUT2D eigenvalue weighted by molar-refractivity contribution is 0.282. The van der Waals surface area contributed by atoms with Crippen LogP contribution >= 0.6 is 28.3 Å². The standard InChI is InChI=1S/C20H24BrNO2.ClH/c1-23-19-12-16(13-22-17-9-5-6-10-17)11-18(21)20(19)24-14-15-7-3-2-4-8-15;/h2-4,7-8,11-12,17,22H,5-6,9-10,13-14H2,1H3;1H. The summed E-state index contributed by atoms with van der Waals surface area (Å²) in [7, 11) is 1.69. The van der Waals surface area contributed by atoms with Crippen molar-refractivity contribution in [2.75, 3.05) is 7.11 Å². The molecule has 3 rings (SSSR count). The molecule has 1 fully saturated rings. The number of rotatable bonds is 7. The summed E-state index contributed by atoms with van der Waals surface area (Å²) < 4.78 is 12.5. The van der Waals surface area contributed by atoms with Gasteiger partial charge in [-0.05, 0) is 52.0 Å². The SMILES string of the molecule is COc1cc(CNC2CCCC2)cc(Br)c1OCc1ccccc1.Cl. The Labute approximate surface area is 164 Å². The maximum atomic E-state index is 5.99. The van der Waals surface area contributed by atoms with Gasteiger partial charge >= 0.3 is 0 Å². The molecule has 1 N–H and O–H groups in total. The first kappa shape index (κ1) is 20.1. The minimum Gasteiger partial charge on any atom is -0.493 e. The average molecular weight is 427 g/mol. The highest BCUT2D eigenvalue weighted by atomic mass is 79.9. The molecule has 0 amide bonds. The van der Waals surface area contributed by atoms with Crippen LogP contribution < -0.4 is 14.8 Å². The van der Waals surface area contributed by atoms with Crippen molar-refractivity contribution in [1.29, 1.82) is 0 Å². The number of ether oxygens (including phenoxy) is 2. The zero-order chi connectivity index (χ0) is 16.8. The molecule has 0 aromatic heterocycles. The predicted molar refractivity (Wildman–Crippen MR) is 108 cm³/mol. The van der Waals surface area contributed by atoms with Crippen molar-refractivity contribution in [3.05, 3.63) is 58.1 Å². The van der Waals surface area contributed by atoms with E-state index in [0.29, 0.717) is 12.6 Å². The van der Waals surface area contributed by atoms with Crippen molar-refractivity contribution < 1.29 is 9.47 Å². The van der Waals surface area contributed by atoms with E-state index < -0.39 is 0 Å². The van der Waals surface area contributed by atoms with Crippen molar-refractivity contribution in [3.8, 4) is 11.5 Å². The second-order valence-electron chi connectivity index (χ2n) is 6.25. The first-order valence-electron chi connectivity index (χ1n) is 8.53. The topological polar surface area (TPSA) is 30.5 Å². The third-order valence-corrected chi connectivity index (χ3v) is 5.05. The molecule has 0 unspecified atom stereocenters. The van der Waals surface area contributed by atoms with Crippen LogP contribution in [0.2, 0.25) is 0 Å². The molecule has 0 radical (unpaired) electrons. The Hall–Kier alpha value is -1.23. The Kier molecular flexibility index (Phi) is 8.07. The lowest BCUT2D eigenvalue weighted by atomic mass is 10.1. The lowest BCUT2D eigenvalue weighted by Gasteiger charge is -2.16. The molecule has 2 aromatic carbocycles. The van der Waals surface area contributed by atoms with E-state index in [1.807, 2.05) is 18.2 Å². The maximum absolute atomic E-state index is 5.99. The Bertz CT molecular complexity index is 660. The van der Waals surface area contributed by atoms with Gasteiger partial charge in [0, 0.05) is 12.6 Å². The van der Waals surface area contributed by atoms with E-state index in [4.69, 9.17) is 9.47 Å². The molecule has 0 atom stereocenters. The Morgan fingerprint density at radius 2 is 1.80 bits per heavy atom. The lowest BCUT2D eigenvalue weighted by Crippen LogP contribution is -2.25. The van der Waals surface area contributed by atoms with E-state index >= 15 is 0 Å². The van der Waals surface area contributed by atoms with Gasteiger partial charge in [0.15, 0.2) is 11.5 Å². The number of nitrogens with one attached hydrogen (secondary N) is 1. The van der Waals surface area contributed by atoms with Crippen molar-refractivity contribution >= 4 is 28.3 Å². The van der Waals surface area contributed by atoms with Gasteiger partial charge in [0.2, 0.25) is 0 Å². The summed E-state index contributed by atoms with van der Waals surface area (Å²) in [5.41, 5.74) is 2.34. The second-order valence-corrected chi connectivity index (χ2v) is 7.10. The summed E-state index contributed by atoms with van der Waals surface area (Å²) in [6.07, 6.45) is 5.26. The minimum atomic E-state index is 0. The van der Waals surface area contributed by atoms with Gasteiger partial charge < -0.3 is 14.8 Å². The van der Waals surface area contributed by atoms with Crippen molar-refractivity contribution in [2.45, 2.75) is 44.9 Å². The molecule has 0 aliphatic heterocycles. The first-order chi connectivity index (χ1) is 11.8. The van der Waals surface area contributed by atoms with Crippen LogP contribution in [-0.2, 0) is 13.2 Å². The molecule has 0 saturated heterocycles. The summed E-state index contributed by atoms with van der Waals surface area (Å²) in [4.78, 5) is 0. The highest BCUT2D eigenvalue weighted by Crippen LogP contribution is 2.37. The van der Waals surface area contributed by atoms with E-state index in [9.17, 15) is 0 Å². The molecule has 1 aliphatic rings. The number of hydrogen-bond donors (Lipinski definition) is 1. The molecular formula is C20H25BrClNO2. The summed E-state index contributed by atoms with van der Waals surface area (Å²) in [5.74, 6) is 1.52. The van der Waals surface area contributed by atoms with Crippen LogP contribution in [-0.4, -0.2) is 13.2 Å².